The number of halogens is 3. The Kier molecular flexibility index (Phi) is 7.07. The first kappa shape index (κ1) is 18.8. The molecule has 8 heteroatoms. The van der Waals surface area contributed by atoms with Gasteiger partial charge in [0, 0.05) is 11.0 Å². The summed E-state index contributed by atoms with van der Waals surface area (Å²) >= 11 is 19.1. The van der Waals surface area contributed by atoms with Crippen LogP contribution in [0.3, 0.4) is 0 Å². The van der Waals surface area contributed by atoms with E-state index in [0.717, 1.165) is 4.90 Å². The van der Waals surface area contributed by atoms with Gasteiger partial charge < -0.3 is 10.1 Å². The van der Waals surface area contributed by atoms with Crippen molar-refractivity contribution in [3.63, 3.8) is 0 Å². The molecule has 0 aromatic heterocycles. The topological polar surface area (TPSA) is 62.1 Å². The first-order valence-corrected chi connectivity index (χ1v) is 8.79. The van der Waals surface area contributed by atoms with Crippen LogP contribution in [0.5, 0.6) is 5.75 Å². The fourth-order valence-electron chi connectivity index (χ4n) is 1.75. The summed E-state index contributed by atoms with van der Waals surface area (Å²) in [5.41, 5.74) is 0.617. The Morgan fingerprint density at radius 3 is 2.62 bits per heavy atom. The van der Waals surface area contributed by atoms with E-state index >= 15 is 0 Å². The minimum absolute atomic E-state index is 0.241. The number of nitrogens with zero attached hydrogens (tertiary/aromatic N) is 1. The van der Waals surface area contributed by atoms with Crippen molar-refractivity contribution < 1.29 is 9.53 Å². The van der Waals surface area contributed by atoms with E-state index in [1.807, 2.05) is 18.2 Å². The Morgan fingerprint density at radius 1 is 1.17 bits per heavy atom. The molecular formula is C16H11Cl3N2O2S. The molecule has 0 fully saturated rings. The quantitative estimate of drug-likeness (QED) is 0.528. The molecule has 0 saturated heterocycles. The highest BCUT2D eigenvalue weighted by Crippen LogP contribution is 2.34. The van der Waals surface area contributed by atoms with Gasteiger partial charge in [-0.3, -0.25) is 4.79 Å². The number of anilines is 1. The number of hydrogen-bond acceptors (Lipinski definition) is 4. The number of benzene rings is 2. The zero-order valence-electron chi connectivity index (χ0n) is 12.2. The third-order valence-electron chi connectivity index (χ3n) is 2.79. The Balaban J connectivity index is 2.00. The van der Waals surface area contributed by atoms with Crippen LogP contribution in [0, 0.1) is 11.3 Å². The molecule has 0 heterocycles. The van der Waals surface area contributed by atoms with Crippen molar-refractivity contribution in [2.24, 2.45) is 0 Å². The lowest BCUT2D eigenvalue weighted by Gasteiger charge is -2.11. The van der Waals surface area contributed by atoms with E-state index in [-0.39, 0.29) is 28.3 Å². The van der Waals surface area contributed by atoms with Gasteiger partial charge in [0.25, 0.3) is 5.91 Å². The highest BCUT2D eigenvalue weighted by atomic mass is 35.5. The Morgan fingerprint density at radius 2 is 1.88 bits per heavy atom. The number of hydrogen-bond donors (Lipinski definition) is 1. The Bertz CT molecular complexity index is 793. The number of thioether (sulfide) groups is 1. The van der Waals surface area contributed by atoms with Crippen molar-refractivity contribution in [3.8, 4) is 11.8 Å². The molecule has 0 bridgehead atoms. The van der Waals surface area contributed by atoms with Crippen LogP contribution in [0.25, 0.3) is 0 Å². The molecule has 4 nitrogen and oxygen atoms in total. The predicted octanol–water partition coefficient (Wildman–Crippen LogP) is 5.28. The van der Waals surface area contributed by atoms with Crippen LogP contribution in [-0.4, -0.2) is 18.3 Å². The average Bonchev–Trinajstić information content (AvgIpc) is 2.56. The van der Waals surface area contributed by atoms with E-state index in [0.29, 0.717) is 16.5 Å². The predicted molar refractivity (Wildman–Crippen MR) is 98.4 cm³/mol. The maximum Gasteiger partial charge on any atom is 0.262 e. The lowest BCUT2D eigenvalue weighted by Crippen LogP contribution is -2.20. The molecule has 124 valence electrons. The van der Waals surface area contributed by atoms with Gasteiger partial charge in [-0.1, -0.05) is 46.9 Å². The van der Waals surface area contributed by atoms with E-state index in [1.54, 1.807) is 12.1 Å². The monoisotopic (exact) mass is 400 g/mol. The number of nitrogens with one attached hydrogen (secondary N) is 1. The van der Waals surface area contributed by atoms with Crippen molar-refractivity contribution in [2.75, 3.05) is 17.7 Å². The van der Waals surface area contributed by atoms with Crippen LogP contribution in [0.4, 0.5) is 5.69 Å². The van der Waals surface area contributed by atoms with Crippen molar-refractivity contribution in [3.05, 3.63) is 51.5 Å². The summed E-state index contributed by atoms with van der Waals surface area (Å²) in [6.07, 6.45) is 0. The van der Waals surface area contributed by atoms with Crippen LogP contribution in [0.1, 0.15) is 0 Å². The summed E-state index contributed by atoms with van der Waals surface area (Å²) in [4.78, 5) is 12.9. The molecule has 2 rings (SSSR count). The first-order chi connectivity index (χ1) is 11.5. The summed E-state index contributed by atoms with van der Waals surface area (Å²) in [5.74, 6) is 0.206. The molecule has 2 aromatic rings. The van der Waals surface area contributed by atoms with Crippen LogP contribution >= 0.6 is 46.6 Å². The summed E-state index contributed by atoms with van der Waals surface area (Å²) in [6.45, 7) is -0.241. The van der Waals surface area contributed by atoms with Gasteiger partial charge in [0.05, 0.1) is 32.6 Å². The summed E-state index contributed by atoms with van der Waals surface area (Å²) in [5, 5.41) is 12.3. The normalized spacial score (nSPS) is 10.1. The van der Waals surface area contributed by atoms with Gasteiger partial charge >= 0.3 is 0 Å². The zero-order chi connectivity index (χ0) is 17.5. The number of nitriles is 1. The minimum atomic E-state index is -0.359. The van der Waals surface area contributed by atoms with Gasteiger partial charge in [-0.05, 0) is 18.2 Å². The second-order valence-corrected chi connectivity index (χ2v) is 6.72. The van der Waals surface area contributed by atoms with Gasteiger partial charge in [0.15, 0.2) is 6.61 Å². The Labute approximate surface area is 158 Å². The summed E-state index contributed by atoms with van der Waals surface area (Å²) in [7, 11) is 0. The highest BCUT2D eigenvalue weighted by Gasteiger charge is 2.11. The highest BCUT2D eigenvalue weighted by molar-refractivity contribution is 7.99. The summed E-state index contributed by atoms with van der Waals surface area (Å²) in [6, 6.07) is 12.2. The van der Waals surface area contributed by atoms with E-state index < -0.39 is 0 Å². The standard InChI is InChI=1S/C16H11Cl3N2O2S/c17-10-7-12(19)14(8-11(10)18)23-9-16(22)21-13-3-1-2-4-15(13)24-6-5-20/h1-4,7-8H,6,9H2,(H,21,22). The zero-order valence-corrected chi connectivity index (χ0v) is 15.3. The maximum absolute atomic E-state index is 12.1. The fraction of sp³-hybridized carbons (Fsp3) is 0.125. The van der Waals surface area contributed by atoms with Gasteiger partial charge in [0.1, 0.15) is 5.75 Å². The third kappa shape index (κ3) is 5.22. The summed E-state index contributed by atoms with van der Waals surface area (Å²) < 4.78 is 5.38. The van der Waals surface area contributed by atoms with Crippen molar-refractivity contribution in [1.82, 2.24) is 0 Å². The number of para-hydroxylation sites is 1. The maximum atomic E-state index is 12.1. The number of rotatable bonds is 6. The smallest absolute Gasteiger partial charge is 0.262 e. The van der Waals surface area contributed by atoms with E-state index in [9.17, 15) is 4.79 Å². The molecule has 24 heavy (non-hydrogen) atoms. The van der Waals surface area contributed by atoms with Crippen LogP contribution in [-0.2, 0) is 4.79 Å². The lowest BCUT2D eigenvalue weighted by atomic mass is 10.3. The van der Waals surface area contributed by atoms with Gasteiger partial charge in [-0.2, -0.15) is 5.26 Å². The van der Waals surface area contributed by atoms with Crippen LogP contribution < -0.4 is 10.1 Å². The SMILES string of the molecule is N#CCSc1ccccc1NC(=O)COc1cc(Cl)c(Cl)cc1Cl. The third-order valence-corrected chi connectivity index (χ3v) is 4.74. The molecule has 0 saturated carbocycles. The molecule has 0 aliphatic rings. The van der Waals surface area contributed by atoms with E-state index in [2.05, 4.69) is 5.32 Å². The molecule has 0 aliphatic heterocycles. The van der Waals surface area contributed by atoms with E-state index in [1.165, 1.54) is 23.9 Å². The lowest BCUT2D eigenvalue weighted by molar-refractivity contribution is -0.118. The van der Waals surface area contributed by atoms with Crippen LogP contribution in [0.15, 0.2) is 41.3 Å². The molecule has 1 N–H and O–H groups in total. The second kappa shape index (κ2) is 9.05. The van der Waals surface area contributed by atoms with Gasteiger partial charge in [-0.15, -0.1) is 11.8 Å². The second-order valence-electron chi connectivity index (χ2n) is 4.48. The molecule has 0 atom stereocenters. The van der Waals surface area contributed by atoms with Gasteiger partial charge in [-0.25, -0.2) is 0 Å². The fourth-order valence-corrected chi connectivity index (χ4v) is 3.01. The Hall–Kier alpha value is -1.58. The molecule has 2 aromatic carbocycles. The molecule has 0 aliphatic carbocycles. The first-order valence-electron chi connectivity index (χ1n) is 6.67. The minimum Gasteiger partial charge on any atom is -0.482 e. The van der Waals surface area contributed by atoms with Crippen molar-refractivity contribution in [2.45, 2.75) is 4.90 Å². The largest absolute Gasteiger partial charge is 0.482 e. The van der Waals surface area contributed by atoms with E-state index in [4.69, 9.17) is 44.8 Å². The molecular weight excluding hydrogens is 391 g/mol. The molecule has 0 radical (unpaired) electrons. The number of ether oxygens (including phenoxy) is 1. The number of carbonyl (C=O) groups excluding carboxylic acids is 1. The van der Waals surface area contributed by atoms with Crippen molar-refractivity contribution >= 4 is 58.2 Å². The molecule has 1 amide bonds. The molecule has 0 spiro atoms. The number of carbonyl (C=O) groups is 1. The van der Waals surface area contributed by atoms with Crippen molar-refractivity contribution in [1.29, 1.82) is 5.26 Å². The molecule has 0 unspecified atom stereocenters. The number of amides is 1. The van der Waals surface area contributed by atoms with Crippen LogP contribution in [0.2, 0.25) is 15.1 Å². The average molecular weight is 402 g/mol. The van der Waals surface area contributed by atoms with Gasteiger partial charge in [0.2, 0.25) is 0 Å².